The summed E-state index contributed by atoms with van der Waals surface area (Å²) in [4.78, 5) is 78.6. The molecule has 338 valence electrons. The fourth-order valence-corrected chi connectivity index (χ4v) is 9.18. The van der Waals surface area contributed by atoms with Crippen LogP contribution in [-0.2, 0) is 40.1 Å². The Labute approximate surface area is 363 Å². The molecule has 2 aromatic rings. The van der Waals surface area contributed by atoms with E-state index in [2.05, 4.69) is 39.0 Å². The summed E-state index contributed by atoms with van der Waals surface area (Å²) in [5, 5.41) is 16.1. The number of anilines is 1. The van der Waals surface area contributed by atoms with Crippen LogP contribution < -0.4 is 9.03 Å². The van der Waals surface area contributed by atoms with Gasteiger partial charge in [0.1, 0.15) is 0 Å². The Morgan fingerprint density at radius 2 is 1.05 bits per heavy atom. The van der Waals surface area contributed by atoms with E-state index in [0.29, 0.717) is 31.1 Å². The zero-order valence-corrected chi connectivity index (χ0v) is 38.3. The van der Waals surface area contributed by atoms with Gasteiger partial charge in [-0.1, -0.05) is 65.5 Å². The number of benzene rings is 2. The molecule has 0 aliphatic carbocycles. The first-order valence-electron chi connectivity index (χ1n) is 20.2. The molecule has 4 rings (SSSR count). The van der Waals surface area contributed by atoms with E-state index < -0.39 is 80.8 Å². The highest BCUT2D eigenvalue weighted by Crippen LogP contribution is 2.41. The SMILES string of the molecule is CC(C)CCCC(C)NS(=O)(=O)c1cc(N=NC2C(=O)N(C)C(=O)N(C)C2=O)ccc1-c1ccc(N=NC2C(=O)N(C)C(=O)N(C)C2=O)cc1N(C(C)CCCC(C)C)[SH](=O)=O. The van der Waals surface area contributed by atoms with Crippen molar-refractivity contribution in [3.63, 3.8) is 0 Å². The topological polar surface area (TPSA) is 248 Å². The number of thiol groups is 1. The van der Waals surface area contributed by atoms with Crippen molar-refractivity contribution in [2.75, 3.05) is 32.5 Å². The molecule has 2 atom stereocenters. The first-order chi connectivity index (χ1) is 29.0. The molecule has 2 fully saturated rings. The first kappa shape index (κ1) is 49.2. The molecule has 20 nitrogen and oxygen atoms in total. The summed E-state index contributed by atoms with van der Waals surface area (Å²) < 4.78 is 59.2. The molecule has 8 amide bonds. The van der Waals surface area contributed by atoms with E-state index in [1.807, 2.05) is 13.8 Å². The Balaban J connectivity index is 1.93. The van der Waals surface area contributed by atoms with Gasteiger partial charge >= 0.3 is 12.1 Å². The highest BCUT2D eigenvalue weighted by Gasteiger charge is 2.44. The van der Waals surface area contributed by atoms with E-state index in [9.17, 15) is 45.6 Å². The highest BCUT2D eigenvalue weighted by atomic mass is 32.2. The third-order valence-electron chi connectivity index (χ3n) is 10.5. The highest BCUT2D eigenvalue weighted by molar-refractivity contribution is 7.89. The Hall–Kier alpha value is -5.48. The Morgan fingerprint density at radius 3 is 1.48 bits per heavy atom. The standard InChI is InChI=1S/C40H56N10O10S2/c1-23(2)13-11-15-25(5)45-62(59,60)32-22-28(42-44-34-37(53)48(9)40(56)49(10)38(34)54)18-20-30(32)29-19-17-27(41-43-33-35(51)46(7)39(55)47(8)36(33)52)21-31(29)50(61(57)58)26(6)16-12-14-24(3)4/h17-26,33-34,45,61H,11-16H2,1-10H3. The molecule has 0 saturated carbocycles. The van der Waals surface area contributed by atoms with Crippen LogP contribution in [0.25, 0.3) is 11.1 Å². The lowest BCUT2D eigenvalue weighted by molar-refractivity contribution is -0.144. The second-order valence-electron chi connectivity index (χ2n) is 16.4. The molecule has 22 heteroatoms. The van der Waals surface area contributed by atoms with Gasteiger partial charge in [-0.25, -0.2) is 31.1 Å². The number of likely N-dealkylation sites (N-methyl/N-ethyl adjacent to an activating group) is 4. The molecule has 0 spiro atoms. The van der Waals surface area contributed by atoms with Crippen molar-refractivity contribution in [2.45, 2.75) is 109 Å². The van der Waals surface area contributed by atoms with Gasteiger partial charge in [0.05, 0.1) is 22.0 Å². The summed E-state index contributed by atoms with van der Waals surface area (Å²) in [7, 11) is -3.05. The van der Waals surface area contributed by atoms with E-state index in [1.165, 1.54) is 64.6 Å². The summed E-state index contributed by atoms with van der Waals surface area (Å²) in [5.74, 6) is -2.94. The maximum absolute atomic E-state index is 14.4. The number of amides is 8. The number of nitrogens with zero attached hydrogens (tertiary/aromatic N) is 9. The second kappa shape index (κ2) is 20.6. The van der Waals surface area contributed by atoms with Crippen LogP contribution >= 0.6 is 0 Å². The van der Waals surface area contributed by atoms with Crippen LogP contribution in [0.1, 0.15) is 80.1 Å². The van der Waals surface area contributed by atoms with Gasteiger partial charge in [0.2, 0.25) is 33.0 Å². The van der Waals surface area contributed by atoms with E-state index in [0.717, 1.165) is 43.2 Å². The van der Waals surface area contributed by atoms with Crippen molar-refractivity contribution in [1.82, 2.24) is 24.3 Å². The normalized spacial score (nSPS) is 17.4. The third-order valence-corrected chi connectivity index (χ3v) is 13.1. The molecule has 2 aromatic carbocycles. The number of sulfonamides is 1. The summed E-state index contributed by atoms with van der Waals surface area (Å²) in [6.07, 6.45) is 4.01. The molecule has 1 N–H and O–H groups in total. The summed E-state index contributed by atoms with van der Waals surface area (Å²) >= 11 is 0. The largest absolute Gasteiger partial charge is 0.333 e. The Morgan fingerprint density at radius 1 is 0.629 bits per heavy atom. The van der Waals surface area contributed by atoms with Gasteiger partial charge in [-0.15, -0.1) is 0 Å². The molecule has 0 bridgehead atoms. The predicted octanol–water partition coefficient (Wildman–Crippen LogP) is 5.40. The number of carbonyl (C=O) groups is 6. The van der Waals surface area contributed by atoms with Crippen molar-refractivity contribution in [1.29, 1.82) is 0 Å². The van der Waals surface area contributed by atoms with Crippen LogP contribution in [0.15, 0.2) is 61.8 Å². The molecule has 2 heterocycles. The molecular formula is C40H56N10O10S2. The molecule has 2 aliphatic rings. The van der Waals surface area contributed by atoms with Crippen molar-refractivity contribution in [2.24, 2.45) is 32.3 Å². The lowest BCUT2D eigenvalue weighted by Crippen LogP contribution is -2.58. The van der Waals surface area contributed by atoms with E-state index in [1.54, 1.807) is 13.8 Å². The van der Waals surface area contributed by atoms with Crippen LogP contribution in [0, 0.1) is 11.8 Å². The van der Waals surface area contributed by atoms with E-state index >= 15 is 0 Å². The zero-order chi connectivity index (χ0) is 46.4. The second-order valence-corrected chi connectivity index (χ2v) is 19.0. The lowest BCUT2D eigenvalue weighted by Gasteiger charge is -2.30. The number of hydrogen-bond acceptors (Lipinski definition) is 14. The monoisotopic (exact) mass is 900 g/mol. The quantitative estimate of drug-likeness (QED) is 0.103. The van der Waals surface area contributed by atoms with Gasteiger partial charge in [-0.05, 0) is 62.8 Å². The van der Waals surface area contributed by atoms with Crippen LogP contribution in [0.3, 0.4) is 0 Å². The minimum absolute atomic E-state index is 0.00440. The fraction of sp³-hybridized carbons (Fsp3) is 0.550. The van der Waals surface area contributed by atoms with Gasteiger partial charge < -0.3 is 0 Å². The summed E-state index contributed by atoms with van der Waals surface area (Å²) in [6.45, 7) is 11.6. The Bertz CT molecular complexity index is 2280. The maximum Gasteiger partial charge on any atom is 0.333 e. The van der Waals surface area contributed by atoms with Crippen LogP contribution in [0.4, 0.5) is 26.7 Å². The van der Waals surface area contributed by atoms with Gasteiger partial charge in [0, 0.05) is 51.4 Å². The van der Waals surface area contributed by atoms with E-state index in [-0.39, 0.29) is 33.1 Å². The molecule has 62 heavy (non-hydrogen) atoms. The maximum atomic E-state index is 14.4. The molecular weight excluding hydrogens is 845 g/mol. The minimum Gasteiger partial charge on any atom is -0.271 e. The molecule has 0 aromatic heterocycles. The lowest BCUT2D eigenvalue weighted by atomic mass is 10.0. The van der Waals surface area contributed by atoms with Crippen molar-refractivity contribution in [3.8, 4) is 11.1 Å². The number of urea groups is 2. The number of barbiturate groups is 2. The average Bonchev–Trinajstić information content (AvgIpc) is 3.20. The van der Waals surface area contributed by atoms with Gasteiger partial charge in [-0.3, -0.25) is 43.1 Å². The minimum atomic E-state index is -4.44. The van der Waals surface area contributed by atoms with Gasteiger partial charge in [0.25, 0.3) is 23.6 Å². The smallest absolute Gasteiger partial charge is 0.271 e. The number of rotatable bonds is 19. The molecule has 2 saturated heterocycles. The van der Waals surface area contributed by atoms with Crippen LogP contribution in [-0.4, -0.2) is 124 Å². The predicted molar refractivity (Wildman–Crippen MR) is 230 cm³/mol. The van der Waals surface area contributed by atoms with Crippen molar-refractivity contribution < 1.29 is 45.6 Å². The molecule has 2 unspecified atom stereocenters. The average molecular weight is 901 g/mol. The first-order valence-corrected chi connectivity index (χ1v) is 22.8. The van der Waals surface area contributed by atoms with Crippen LogP contribution in [0.2, 0.25) is 0 Å². The van der Waals surface area contributed by atoms with Crippen LogP contribution in [0.5, 0.6) is 0 Å². The van der Waals surface area contributed by atoms with E-state index in [4.69, 9.17) is 0 Å². The van der Waals surface area contributed by atoms with Gasteiger partial charge in [-0.2, -0.15) is 20.5 Å². The summed E-state index contributed by atoms with van der Waals surface area (Å²) in [5.41, 5.74) is 0.0923. The molecule has 2 aliphatic heterocycles. The number of imide groups is 4. The number of nitrogens with one attached hydrogen (secondary N) is 1. The van der Waals surface area contributed by atoms with Gasteiger partial charge in [0.15, 0.2) is 0 Å². The van der Waals surface area contributed by atoms with Crippen molar-refractivity contribution >= 4 is 73.7 Å². The molecule has 0 radical (unpaired) electrons. The van der Waals surface area contributed by atoms with Crippen molar-refractivity contribution in [3.05, 3.63) is 36.4 Å². The number of carbonyl (C=O) groups excluding carboxylic acids is 6. The Kier molecular flexibility index (Phi) is 16.3. The number of azo groups is 2. The fourth-order valence-electron chi connectivity index (χ4n) is 6.89. The zero-order valence-electron chi connectivity index (χ0n) is 36.6. The summed E-state index contributed by atoms with van der Waals surface area (Å²) in [6, 6.07) is 1.85. The number of hydrogen-bond donors (Lipinski definition) is 2. The third kappa shape index (κ3) is 11.3.